The van der Waals surface area contributed by atoms with E-state index in [1.807, 2.05) is 0 Å². The number of aliphatic carboxylic acids is 1. The molecule has 0 saturated heterocycles. The summed E-state index contributed by atoms with van der Waals surface area (Å²) in [6.45, 7) is 0. The molecule has 7 saturated carbocycles. The maximum atomic E-state index is 12.6. The minimum absolute atomic E-state index is 0.0186. The molecule has 0 aromatic heterocycles. The van der Waals surface area contributed by atoms with Crippen LogP contribution in [0, 0.1) is 64.1 Å². The largest absolute Gasteiger partial charge is 0.481 e. The average Bonchev–Trinajstić information content (AvgIpc) is 3.32. The number of carboxylic acid groups (broad SMARTS) is 1. The number of hydrogen-bond donors (Lipinski definition) is 1. The summed E-state index contributed by atoms with van der Waals surface area (Å²) in [4.78, 5) is 12.6. The van der Waals surface area contributed by atoms with Crippen LogP contribution in [-0.4, -0.2) is 11.1 Å². The van der Waals surface area contributed by atoms with Gasteiger partial charge in [-0.3, -0.25) is 4.79 Å². The summed E-state index contributed by atoms with van der Waals surface area (Å²) in [5, 5.41) is 10.4. The molecule has 2 nitrogen and oxygen atoms in total. The molecular formula is C23H30O2. The molecule has 0 radical (unpaired) electrons. The van der Waals surface area contributed by atoms with E-state index in [0.29, 0.717) is 11.3 Å². The Labute approximate surface area is 150 Å². The summed E-state index contributed by atoms with van der Waals surface area (Å²) in [5.74, 6) is 5.89. The van der Waals surface area contributed by atoms with Crippen molar-refractivity contribution in [2.45, 2.75) is 57.8 Å². The number of rotatable bonds is 2. The van der Waals surface area contributed by atoms with Crippen molar-refractivity contribution < 1.29 is 9.90 Å². The second-order valence-electron chi connectivity index (χ2n) is 11.2. The highest BCUT2D eigenvalue weighted by Gasteiger charge is 2.78. The number of carboxylic acids is 1. The zero-order valence-corrected chi connectivity index (χ0v) is 15.1. The molecule has 2 heteroatoms. The van der Waals surface area contributed by atoms with Crippen molar-refractivity contribution in [2.24, 2.45) is 64.1 Å². The van der Waals surface area contributed by atoms with Crippen molar-refractivity contribution in [1.82, 2.24) is 0 Å². The van der Waals surface area contributed by atoms with Gasteiger partial charge >= 0.3 is 5.97 Å². The molecule has 134 valence electrons. The summed E-state index contributed by atoms with van der Waals surface area (Å²) in [6, 6.07) is 0. The summed E-state index contributed by atoms with van der Waals surface area (Å²) >= 11 is 0. The summed E-state index contributed by atoms with van der Waals surface area (Å²) in [6.07, 6.45) is 17.2. The van der Waals surface area contributed by atoms with E-state index in [2.05, 4.69) is 12.2 Å². The standard InChI is InChI=1S/C23H30O2/c24-21(25)20-16-6-12-5-13(7-16)11-22(20,10-12)23-17-3-1-14(8-17)19(23)15-2-4-18(23)9-15/h1,3,12-20H,2,4-11H2,(H,24,25). The molecule has 0 heterocycles. The van der Waals surface area contributed by atoms with Crippen molar-refractivity contribution in [1.29, 1.82) is 0 Å². The van der Waals surface area contributed by atoms with Gasteiger partial charge in [-0.15, -0.1) is 0 Å². The zero-order valence-electron chi connectivity index (χ0n) is 15.1. The molecule has 0 aromatic rings. The van der Waals surface area contributed by atoms with E-state index in [1.54, 1.807) is 0 Å². The van der Waals surface area contributed by atoms with E-state index in [0.717, 1.165) is 41.4 Å². The molecule has 0 spiro atoms. The first-order valence-corrected chi connectivity index (χ1v) is 11.0. The Hall–Kier alpha value is -0.790. The highest BCUT2D eigenvalue weighted by molar-refractivity contribution is 5.72. The van der Waals surface area contributed by atoms with Crippen LogP contribution in [0.25, 0.3) is 0 Å². The van der Waals surface area contributed by atoms with Crippen molar-refractivity contribution in [3.63, 3.8) is 0 Å². The molecule has 8 aliphatic carbocycles. The fraction of sp³-hybridized carbons (Fsp3) is 0.870. The third-order valence-electron chi connectivity index (χ3n) is 10.8. The molecule has 0 amide bonds. The Balaban J connectivity index is 1.48. The van der Waals surface area contributed by atoms with E-state index in [9.17, 15) is 9.90 Å². The molecule has 8 rings (SSSR count). The van der Waals surface area contributed by atoms with Gasteiger partial charge in [-0.1, -0.05) is 12.2 Å². The zero-order chi connectivity index (χ0) is 16.6. The second kappa shape index (κ2) is 4.20. The maximum Gasteiger partial charge on any atom is 0.307 e. The van der Waals surface area contributed by atoms with Crippen LogP contribution in [0.1, 0.15) is 57.8 Å². The van der Waals surface area contributed by atoms with Crippen LogP contribution in [0.2, 0.25) is 0 Å². The molecule has 0 aromatic carbocycles. The van der Waals surface area contributed by atoms with Crippen molar-refractivity contribution in [3.05, 3.63) is 12.2 Å². The van der Waals surface area contributed by atoms with E-state index in [4.69, 9.17) is 0 Å². The first-order chi connectivity index (χ1) is 12.1. The van der Waals surface area contributed by atoms with E-state index in [1.165, 1.54) is 57.8 Å². The topological polar surface area (TPSA) is 37.3 Å². The Bertz CT molecular complexity index is 680. The van der Waals surface area contributed by atoms with Gasteiger partial charge in [-0.05, 0) is 116 Å². The molecule has 8 aliphatic rings. The average molecular weight is 338 g/mol. The van der Waals surface area contributed by atoms with Crippen LogP contribution < -0.4 is 0 Å². The number of carbonyl (C=O) groups is 1. The van der Waals surface area contributed by atoms with Crippen LogP contribution in [0.5, 0.6) is 0 Å². The molecule has 25 heavy (non-hydrogen) atoms. The fourth-order valence-corrected chi connectivity index (χ4v) is 11.2. The van der Waals surface area contributed by atoms with Gasteiger partial charge in [0.25, 0.3) is 0 Å². The number of hydrogen-bond acceptors (Lipinski definition) is 1. The molecule has 9 atom stereocenters. The van der Waals surface area contributed by atoms with Crippen LogP contribution in [0.3, 0.4) is 0 Å². The second-order valence-corrected chi connectivity index (χ2v) is 11.2. The number of allylic oxidation sites excluding steroid dienone is 2. The third-order valence-corrected chi connectivity index (χ3v) is 10.8. The van der Waals surface area contributed by atoms with Gasteiger partial charge in [0.15, 0.2) is 0 Å². The lowest BCUT2D eigenvalue weighted by molar-refractivity contribution is -0.225. The fourth-order valence-electron chi connectivity index (χ4n) is 11.2. The first-order valence-electron chi connectivity index (χ1n) is 11.0. The Morgan fingerprint density at radius 3 is 2.48 bits per heavy atom. The third kappa shape index (κ3) is 1.34. The maximum absolute atomic E-state index is 12.6. The van der Waals surface area contributed by atoms with E-state index in [-0.39, 0.29) is 11.3 Å². The molecule has 0 aliphatic heterocycles. The Kier molecular flexibility index (Phi) is 2.40. The van der Waals surface area contributed by atoms with Crippen molar-refractivity contribution in [3.8, 4) is 0 Å². The lowest BCUT2D eigenvalue weighted by Gasteiger charge is -2.69. The summed E-state index contributed by atoms with van der Waals surface area (Å²) in [7, 11) is 0. The molecule has 9 unspecified atom stereocenters. The van der Waals surface area contributed by atoms with Gasteiger partial charge in [0, 0.05) is 0 Å². The van der Waals surface area contributed by atoms with Gasteiger partial charge in [0.2, 0.25) is 0 Å². The van der Waals surface area contributed by atoms with Crippen molar-refractivity contribution in [2.75, 3.05) is 0 Å². The quantitative estimate of drug-likeness (QED) is 0.582. The van der Waals surface area contributed by atoms with E-state index < -0.39 is 5.97 Å². The first kappa shape index (κ1) is 14.3. The normalized spacial score (nSPS) is 65.0. The van der Waals surface area contributed by atoms with Crippen LogP contribution in [0.4, 0.5) is 0 Å². The Morgan fingerprint density at radius 1 is 0.920 bits per heavy atom. The SMILES string of the molecule is O=C(O)C1C2CC3CC(C2)CC1(C12C4C=CC(C4)C1C1CCC2C1)C3. The van der Waals surface area contributed by atoms with Gasteiger partial charge in [0.1, 0.15) is 0 Å². The van der Waals surface area contributed by atoms with Crippen LogP contribution in [-0.2, 0) is 4.79 Å². The van der Waals surface area contributed by atoms with Crippen LogP contribution >= 0.6 is 0 Å². The minimum Gasteiger partial charge on any atom is -0.481 e. The molecule has 8 bridgehead atoms. The highest BCUT2D eigenvalue weighted by atomic mass is 16.4. The minimum atomic E-state index is -0.425. The van der Waals surface area contributed by atoms with Gasteiger partial charge < -0.3 is 5.11 Å². The van der Waals surface area contributed by atoms with Gasteiger partial charge in [0.05, 0.1) is 5.92 Å². The lowest BCUT2D eigenvalue weighted by atomic mass is 9.34. The molecular weight excluding hydrogens is 308 g/mol. The summed E-state index contributed by atoms with van der Waals surface area (Å²) in [5.41, 5.74) is 0.538. The monoisotopic (exact) mass is 338 g/mol. The predicted octanol–water partition coefficient (Wildman–Crippen LogP) is 4.75. The lowest BCUT2D eigenvalue weighted by Crippen LogP contribution is -2.66. The Morgan fingerprint density at radius 2 is 1.72 bits per heavy atom. The molecule has 1 N–H and O–H groups in total. The van der Waals surface area contributed by atoms with E-state index >= 15 is 0 Å². The highest BCUT2D eigenvalue weighted by Crippen LogP contribution is 2.83. The summed E-state index contributed by atoms with van der Waals surface area (Å²) < 4.78 is 0. The van der Waals surface area contributed by atoms with Gasteiger partial charge in [-0.25, -0.2) is 0 Å². The number of fused-ring (bicyclic) bond motifs is 9. The van der Waals surface area contributed by atoms with Gasteiger partial charge in [-0.2, -0.15) is 0 Å². The predicted molar refractivity (Wildman–Crippen MR) is 94.6 cm³/mol. The van der Waals surface area contributed by atoms with Crippen molar-refractivity contribution >= 4 is 5.97 Å². The smallest absolute Gasteiger partial charge is 0.307 e. The molecule has 7 fully saturated rings. The van der Waals surface area contributed by atoms with Crippen LogP contribution in [0.15, 0.2) is 12.2 Å².